The summed E-state index contributed by atoms with van der Waals surface area (Å²) in [6.07, 6.45) is 9.65. The molecule has 0 radical (unpaired) electrons. The number of carbonyl (C=O) groups is 1. The second-order valence-electron chi connectivity index (χ2n) is 4.77. The van der Waals surface area contributed by atoms with Crippen molar-refractivity contribution in [2.24, 2.45) is 5.92 Å². The fourth-order valence-electron chi connectivity index (χ4n) is 1.79. The molecule has 0 aliphatic heterocycles. The third-order valence-electron chi connectivity index (χ3n) is 3.05. The Hall–Kier alpha value is -0.850. The largest absolute Gasteiger partial charge is 0.299 e. The Balaban J connectivity index is 2.35. The van der Waals surface area contributed by atoms with Crippen LogP contribution < -0.4 is 0 Å². The van der Waals surface area contributed by atoms with E-state index in [4.69, 9.17) is 0 Å². The third-order valence-corrected chi connectivity index (χ3v) is 3.05. The van der Waals surface area contributed by atoms with Crippen molar-refractivity contribution < 1.29 is 4.79 Å². The number of carbonyl (C=O) groups excluding carboxylic acids is 1. The first kappa shape index (κ1) is 12.2. The summed E-state index contributed by atoms with van der Waals surface area (Å²) in [6.45, 7) is 6.15. The molecule has 0 spiro atoms. The Bertz CT molecular complexity index is 282. The fraction of sp³-hybridized carbons (Fsp3) is 0.643. The van der Waals surface area contributed by atoms with E-state index >= 15 is 0 Å². The van der Waals surface area contributed by atoms with Crippen LogP contribution in [0.5, 0.6) is 0 Å². The Labute approximate surface area is 93.3 Å². The number of allylic oxidation sites excluding steroid dienone is 4. The number of rotatable bonds is 4. The zero-order valence-corrected chi connectivity index (χ0v) is 10.2. The zero-order valence-electron chi connectivity index (χ0n) is 10.2. The molecular formula is C14H22O. The van der Waals surface area contributed by atoms with Gasteiger partial charge in [0.05, 0.1) is 0 Å². The van der Waals surface area contributed by atoms with Crippen molar-refractivity contribution in [1.82, 2.24) is 0 Å². The first-order valence-electron chi connectivity index (χ1n) is 5.96. The van der Waals surface area contributed by atoms with Crippen LogP contribution >= 0.6 is 0 Å². The third kappa shape index (κ3) is 4.46. The average Bonchev–Trinajstić information content (AvgIpc) is 2.39. The van der Waals surface area contributed by atoms with Crippen molar-refractivity contribution in [1.29, 1.82) is 0 Å². The molecule has 15 heavy (non-hydrogen) atoms. The fourth-order valence-corrected chi connectivity index (χ4v) is 1.79. The maximum absolute atomic E-state index is 11.5. The van der Waals surface area contributed by atoms with Gasteiger partial charge in [-0.15, -0.1) is 0 Å². The van der Waals surface area contributed by atoms with Gasteiger partial charge in [0.1, 0.15) is 5.78 Å². The van der Waals surface area contributed by atoms with E-state index in [0.29, 0.717) is 5.78 Å². The number of Topliss-reactive ketones (excluding diaryl/α,β-unsaturated/α-hetero) is 1. The van der Waals surface area contributed by atoms with Crippen LogP contribution in [0.15, 0.2) is 23.3 Å². The van der Waals surface area contributed by atoms with Crippen LogP contribution in [0.3, 0.4) is 0 Å². The molecule has 0 N–H and O–H groups in total. The van der Waals surface area contributed by atoms with Gasteiger partial charge < -0.3 is 0 Å². The van der Waals surface area contributed by atoms with Crippen molar-refractivity contribution in [2.75, 3.05) is 0 Å². The highest BCUT2D eigenvalue weighted by Crippen LogP contribution is 2.21. The second-order valence-corrected chi connectivity index (χ2v) is 4.77. The van der Waals surface area contributed by atoms with Crippen LogP contribution in [0.1, 0.15) is 52.9 Å². The maximum atomic E-state index is 11.5. The van der Waals surface area contributed by atoms with Crippen LogP contribution in [0.25, 0.3) is 0 Å². The predicted molar refractivity (Wildman–Crippen MR) is 64.8 cm³/mol. The van der Waals surface area contributed by atoms with E-state index in [1.807, 2.05) is 13.8 Å². The standard InChI is InChI=1S/C14H22O/c1-11(2)14(15)10-9-13-6-4-5-12(3)7-8-13/h5-6,11H,4,7-10H2,1-3H3. The van der Waals surface area contributed by atoms with Gasteiger partial charge in [0, 0.05) is 12.3 Å². The van der Waals surface area contributed by atoms with Crippen molar-refractivity contribution in [3.63, 3.8) is 0 Å². The second kappa shape index (κ2) is 5.89. The first-order chi connectivity index (χ1) is 7.09. The Morgan fingerprint density at radius 2 is 2.07 bits per heavy atom. The Kier molecular flexibility index (Phi) is 4.80. The Morgan fingerprint density at radius 3 is 2.73 bits per heavy atom. The number of hydrogen-bond donors (Lipinski definition) is 0. The summed E-state index contributed by atoms with van der Waals surface area (Å²) in [4.78, 5) is 11.5. The van der Waals surface area contributed by atoms with E-state index in [-0.39, 0.29) is 5.92 Å². The minimum absolute atomic E-state index is 0.191. The van der Waals surface area contributed by atoms with E-state index in [9.17, 15) is 4.79 Å². The summed E-state index contributed by atoms with van der Waals surface area (Å²) in [5.41, 5.74) is 2.95. The first-order valence-corrected chi connectivity index (χ1v) is 5.96. The van der Waals surface area contributed by atoms with Gasteiger partial charge in [0.25, 0.3) is 0 Å². The molecule has 0 amide bonds. The van der Waals surface area contributed by atoms with E-state index in [0.717, 1.165) is 25.7 Å². The van der Waals surface area contributed by atoms with Crippen molar-refractivity contribution >= 4 is 5.78 Å². The molecule has 0 saturated carbocycles. The molecule has 0 atom stereocenters. The van der Waals surface area contributed by atoms with E-state index in [1.165, 1.54) is 17.6 Å². The van der Waals surface area contributed by atoms with Gasteiger partial charge in [-0.3, -0.25) is 4.79 Å². The lowest BCUT2D eigenvalue weighted by Gasteiger charge is -2.07. The van der Waals surface area contributed by atoms with Crippen molar-refractivity contribution in [3.8, 4) is 0 Å². The SMILES string of the molecule is CC1=CCC=C(CCC(=O)C(C)C)CC1. The van der Waals surface area contributed by atoms with Gasteiger partial charge >= 0.3 is 0 Å². The van der Waals surface area contributed by atoms with E-state index in [2.05, 4.69) is 19.1 Å². The monoisotopic (exact) mass is 206 g/mol. The van der Waals surface area contributed by atoms with E-state index in [1.54, 1.807) is 0 Å². The van der Waals surface area contributed by atoms with Gasteiger partial charge in [-0.05, 0) is 32.6 Å². The van der Waals surface area contributed by atoms with Gasteiger partial charge in [-0.25, -0.2) is 0 Å². The van der Waals surface area contributed by atoms with Crippen LogP contribution in [-0.4, -0.2) is 5.78 Å². The quantitative estimate of drug-likeness (QED) is 0.634. The topological polar surface area (TPSA) is 17.1 Å². The molecule has 0 aromatic heterocycles. The molecule has 0 aromatic rings. The summed E-state index contributed by atoms with van der Waals surface area (Å²) < 4.78 is 0. The molecule has 0 saturated heterocycles. The van der Waals surface area contributed by atoms with Gasteiger partial charge in [-0.1, -0.05) is 37.1 Å². The molecule has 0 bridgehead atoms. The molecule has 1 heteroatoms. The lowest BCUT2D eigenvalue weighted by atomic mass is 9.98. The summed E-state index contributed by atoms with van der Waals surface area (Å²) in [5.74, 6) is 0.584. The zero-order chi connectivity index (χ0) is 11.3. The molecule has 0 aromatic carbocycles. The minimum Gasteiger partial charge on any atom is -0.299 e. The van der Waals surface area contributed by atoms with Gasteiger partial charge in [0.2, 0.25) is 0 Å². The molecular weight excluding hydrogens is 184 g/mol. The summed E-state index contributed by atoms with van der Waals surface area (Å²) in [7, 11) is 0. The molecule has 1 nitrogen and oxygen atoms in total. The maximum Gasteiger partial charge on any atom is 0.135 e. The predicted octanol–water partition coefficient (Wildman–Crippen LogP) is 4.05. The van der Waals surface area contributed by atoms with Gasteiger partial charge in [-0.2, -0.15) is 0 Å². The molecule has 0 fully saturated rings. The highest BCUT2D eigenvalue weighted by atomic mass is 16.1. The highest BCUT2D eigenvalue weighted by Gasteiger charge is 2.09. The lowest BCUT2D eigenvalue weighted by molar-refractivity contribution is -0.121. The smallest absolute Gasteiger partial charge is 0.135 e. The molecule has 1 aliphatic carbocycles. The summed E-state index contributed by atoms with van der Waals surface area (Å²) >= 11 is 0. The van der Waals surface area contributed by atoms with Crippen LogP contribution in [0.2, 0.25) is 0 Å². The average molecular weight is 206 g/mol. The number of hydrogen-bond acceptors (Lipinski definition) is 1. The normalized spacial score (nSPS) is 17.1. The van der Waals surface area contributed by atoms with Crippen LogP contribution in [0.4, 0.5) is 0 Å². The van der Waals surface area contributed by atoms with E-state index < -0.39 is 0 Å². The minimum atomic E-state index is 0.191. The van der Waals surface area contributed by atoms with Crippen LogP contribution in [0, 0.1) is 5.92 Å². The molecule has 84 valence electrons. The summed E-state index contributed by atoms with van der Waals surface area (Å²) in [6, 6.07) is 0. The number of ketones is 1. The van der Waals surface area contributed by atoms with Crippen molar-refractivity contribution in [2.45, 2.75) is 52.9 Å². The molecule has 0 unspecified atom stereocenters. The Morgan fingerprint density at radius 1 is 1.33 bits per heavy atom. The molecule has 1 rings (SSSR count). The molecule has 1 aliphatic rings. The van der Waals surface area contributed by atoms with Crippen molar-refractivity contribution in [3.05, 3.63) is 23.3 Å². The van der Waals surface area contributed by atoms with Crippen LogP contribution in [-0.2, 0) is 4.79 Å². The summed E-state index contributed by atoms with van der Waals surface area (Å²) in [5, 5.41) is 0. The molecule has 0 heterocycles. The highest BCUT2D eigenvalue weighted by molar-refractivity contribution is 5.80. The lowest BCUT2D eigenvalue weighted by Crippen LogP contribution is -2.06. The van der Waals surface area contributed by atoms with Gasteiger partial charge in [0.15, 0.2) is 0 Å².